The molecule has 102 valence electrons. The molecule has 0 radical (unpaired) electrons. The van der Waals surface area contributed by atoms with Gasteiger partial charge in [0.25, 0.3) is 0 Å². The van der Waals surface area contributed by atoms with E-state index in [0.717, 1.165) is 18.4 Å². The summed E-state index contributed by atoms with van der Waals surface area (Å²) in [6.07, 6.45) is 7.16. The molecule has 1 aliphatic heterocycles. The van der Waals surface area contributed by atoms with Gasteiger partial charge < -0.3 is 10.2 Å². The lowest BCUT2D eigenvalue weighted by Gasteiger charge is -2.27. The number of hydrogen-bond donors (Lipinski definition) is 1. The average Bonchev–Trinajstić information content (AvgIpc) is 2.21. The number of nitrogens with zero attached hydrogens (tertiary/aromatic N) is 1. The van der Waals surface area contributed by atoms with Crippen LogP contribution in [0.5, 0.6) is 0 Å². The number of hydrogen-bond acceptors (Lipinski definition) is 2. The van der Waals surface area contributed by atoms with Crippen molar-refractivity contribution in [2.75, 3.05) is 32.7 Å². The normalized spacial score (nSPS) is 21.2. The summed E-state index contributed by atoms with van der Waals surface area (Å²) in [5.74, 6) is 1.55. The second kappa shape index (κ2) is 8.93. The van der Waals surface area contributed by atoms with Gasteiger partial charge in [-0.25, -0.2) is 0 Å². The van der Waals surface area contributed by atoms with Crippen LogP contribution in [0.15, 0.2) is 0 Å². The predicted octanol–water partition coefficient (Wildman–Crippen LogP) is 3.13. The lowest BCUT2D eigenvalue weighted by molar-refractivity contribution is 0.214. The largest absolute Gasteiger partial charge is 0.316 e. The maximum Gasteiger partial charge on any atom is 0.00191 e. The summed E-state index contributed by atoms with van der Waals surface area (Å²) < 4.78 is 0. The Balaban J connectivity index is 2.12. The molecule has 0 bridgehead atoms. The first-order chi connectivity index (χ1) is 8.18. The molecular weight excluding hydrogens is 208 g/mol. The molecule has 0 aromatic rings. The molecule has 1 unspecified atom stereocenters. The molecule has 0 spiro atoms. The first-order valence-electron chi connectivity index (χ1n) is 7.61. The zero-order valence-electron chi connectivity index (χ0n) is 12.2. The summed E-state index contributed by atoms with van der Waals surface area (Å²) >= 11 is 0. The Morgan fingerprint density at radius 1 is 0.882 bits per heavy atom. The van der Waals surface area contributed by atoms with E-state index in [9.17, 15) is 0 Å². The molecule has 0 aromatic heterocycles. The zero-order chi connectivity index (χ0) is 12.5. The van der Waals surface area contributed by atoms with Gasteiger partial charge in [0.1, 0.15) is 0 Å². The third kappa shape index (κ3) is 7.77. The summed E-state index contributed by atoms with van der Waals surface area (Å²) in [4.78, 5) is 2.68. The van der Waals surface area contributed by atoms with Crippen molar-refractivity contribution < 1.29 is 0 Å². The minimum atomic E-state index is 0.767. The fourth-order valence-corrected chi connectivity index (χ4v) is 2.62. The van der Waals surface area contributed by atoms with E-state index in [1.54, 1.807) is 0 Å². The Bertz CT molecular complexity index is 172. The van der Waals surface area contributed by atoms with Crippen molar-refractivity contribution in [1.29, 1.82) is 0 Å². The van der Waals surface area contributed by atoms with Gasteiger partial charge in [0.05, 0.1) is 0 Å². The fourth-order valence-electron chi connectivity index (χ4n) is 2.62. The van der Waals surface area contributed by atoms with Crippen molar-refractivity contribution >= 4 is 0 Å². The Morgan fingerprint density at radius 2 is 1.47 bits per heavy atom. The van der Waals surface area contributed by atoms with E-state index >= 15 is 0 Å². The second-order valence-electron chi connectivity index (χ2n) is 6.23. The predicted molar refractivity (Wildman–Crippen MR) is 76.4 cm³/mol. The molecule has 1 aliphatic rings. The molecule has 1 fully saturated rings. The van der Waals surface area contributed by atoms with Crippen molar-refractivity contribution in [3.63, 3.8) is 0 Å². The highest BCUT2D eigenvalue weighted by Gasteiger charge is 2.11. The van der Waals surface area contributed by atoms with Gasteiger partial charge in [0.15, 0.2) is 0 Å². The highest BCUT2D eigenvalue weighted by Crippen LogP contribution is 2.11. The van der Waals surface area contributed by atoms with Gasteiger partial charge in [-0.2, -0.15) is 0 Å². The fraction of sp³-hybridized carbons (Fsp3) is 1.00. The van der Waals surface area contributed by atoms with Crippen LogP contribution in [0.25, 0.3) is 0 Å². The van der Waals surface area contributed by atoms with Crippen molar-refractivity contribution in [3.8, 4) is 0 Å². The van der Waals surface area contributed by atoms with E-state index in [4.69, 9.17) is 0 Å². The van der Waals surface area contributed by atoms with Crippen LogP contribution >= 0.6 is 0 Å². The molecule has 0 aromatic carbocycles. The number of nitrogens with one attached hydrogen (secondary N) is 1. The van der Waals surface area contributed by atoms with Crippen molar-refractivity contribution in [2.45, 2.75) is 52.9 Å². The van der Waals surface area contributed by atoms with Gasteiger partial charge in [0, 0.05) is 6.54 Å². The molecule has 1 N–H and O–H groups in total. The maximum absolute atomic E-state index is 3.58. The molecule has 17 heavy (non-hydrogen) atoms. The first kappa shape index (κ1) is 15.0. The molecule has 2 nitrogen and oxygen atoms in total. The van der Waals surface area contributed by atoms with E-state index in [1.807, 2.05) is 0 Å². The average molecular weight is 240 g/mol. The zero-order valence-corrected chi connectivity index (χ0v) is 12.2. The minimum absolute atomic E-state index is 0.767. The monoisotopic (exact) mass is 240 g/mol. The highest BCUT2D eigenvalue weighted by molar-refractivity contribution is 4.67. The summed E-state index contributed by atoms with van der Waals surface area (Å²) in [5, 5.41) is 3.58. The summed E-state index contributed by atoms with van der Waals surface area (Å²) in [6, 6.07) is 0. The maximum atomic E-state index is 3.58. The smallest absolute Gasteiger partial charge is 0.00191 e. The van der Waals surface area contributed by atoms with Gasteiger partial charge in [-0.1, -0.05) is 40.0 Å². The van der Waals surface area contributed by atoms with E-state index in [-0.39, 0.29) is 0 Å². The van der Waals surface area contributed by atoms with Crippen molar-refractivity contribution in [2.24, 2.45) is 11.8 Å². The van der Waals surface area contributed by atoms with Gasteiger partial charge in [-0.05, 0) is 50.9 Å². The Morgan fingerprint density at radius 3 is 2.06 bits per heavy atom. The van der Waals surface area contributed by atoms with E-state index in [1.165, 1.54) is 58.3 Å². The van der Waals surface area contributed by atoms with Crippen molar-refractivity contribution in [1.82, 2.24) is 10.2 Å². The highest BCUT2D eigenvalue weighted by atomic mass is 15.1. The van der Waals surface area contributed by atoms with Crippen LogP contribution in [0.4, 0.5) is 0 Å². The lowest BCUT2D eigenvalue weighted by atomic mass is 10.1. The first-order valence-corrected chi connectivity index (χ1v) is 7.61. The van der Waals surface area contributed by atoms with Crippen LogP contribution in [0.3, 0.4) is 0 Å². The SMILES string of the molecule is CC(C)CNCC(C)CN1CCCCCCC1. The van der Waals surface area contributed by atoms with Gasteiger partial charge >= 0.3 is 0 Å². The lowest BCUT2D eigenvalue weighted by Crippen LogP contribution is -2.36. The summed E-state index contributed by atoms with van der Waals surface area (Å²) in [6.45, 7) is 13.2. The topological polar surface area (TPSA) is 15.3 Å². The van der Waals surface area contributed by atoms with Crippen LogP contribution in [0, 0.1) is 11.8 Å². The van der Waals surface area contributed by atoms with Gasteiger partial charge in [-0.15, -0.1) is 0 Å². The number of rotatable bonds is 6. The molecule has 1 atom stereocenters. The Labute approximate surface area is 108 Å². The molecular formula is C15H32N2. The van der Waals surface area contributed by atoms with Crippen molar-refractivity contribution in [3.05, 3.63) is 0 Å². The van der Waals surface area contributed by atoms with Gasteiger partial charge in [0.2, 0.25) is 0 Å². The quantitative estimate of drug-likeness (QED) is 0.767. The Kier molecular flexibility index (Phi) is 7.87. The molecule has 0 saturated carbocycles. The van der Waals surface area contributed by atoms with E-state index < -0.39 is 0 Å². The second-order valence-corrected chi connectivity index (χ2v) is 6.23. The standard InChI is InChI=1S/C15H32N2/c1-14(2)11-16-12-15(3)13-17-9-7-5-4-6-8-10-17/h14-16H,4-13H2,1-3H3. The van der Waals surface area contributed by atoms with Crippen LogP contribution in [0.1, 0.15) is 52.9 Å². The molecule has 1 saturated heterocycles. The van der Waals surface area contributed by atoms with Gasteiger partial charge in [-0.3, -0.25) is 0 Å². The molecule has 0 aliphatic carbocycles. The van der Waals surface area contributed by atoms with E-state index in [0.29, 0.717) is 0 Å². The van der Waals surface area contributed by atoms with E-state index in [2.05, 4.69) is 31.0 Å². The number of likely N-dealkylation sites (tertiary alicyclic amines) is 1. The third-order valence-corrected chi connectivity index (χ3v) is 3.56. The van der Waals surface area contributed by atoms with Crippen LogP contribution in [0.2, 0.25) is 0 Å². The third-order valence-electron chi connectivity index (χ3n) is 3.56. The summed E-state index contributed by atoms with van der Waals surface area (Å²) in [5.41, 5.74) is 0. The molecule has 1 heterocycles. The molecule has 0 amide bonds. The van der Waals surface area contributed by atoms with Crippen LogP contribution in [-0.2, 0) is 0 Å². The minimum Gasteiger partial charge on any atom is -0.316 e. The molecule has 1 rings (SSSR count). The summed E-state index contributed by atoms with van der Waals surface area (Å²) in [7, 11) is 0. The Hall–Kier alpha value is -0.0800. The molecule has 2 heteroatoms. The van der Waals surface area contributed by atoms with Crippen LogP contribution < -0.4 is 5.32 Å². The van der Waals surface area contributed by atoms with Crippen LogP contribution in [-0.4, -0.2) is 37.6 Å².